The van der Waals surface area contributed by atoms with Crippen LogP contribution >= 0.6 is 0 Å². The second-order valence-corrected chi connectivity index (χ2v) is 6.82. The zero-order valence-electron chi connectivity index (χ0n) is 13.0. The lowest BCUT2D eigenvalue weighted by molar-refractivity contribution is -0.151. The molecular weight excluding hydrogens is 264 g/mol. The summed E-state index contributed by atoms with van der Waals surface area (Å²) in [7, 11) is 0. The highest BCUT2D eigenvalue weighted by Gasteiger charge is 2.42. The first kappa shape index (κ1) is 16.0. The first-order valence-corrected chi connectivity index (χ1v) is 7.89. The second kappa shape index (κ2) is 6.61. The van der Waals surface area contributed by atoms with E-state index in [9.17, 15) is 9.90 Å². The van der Waals surface area contributed by atoms with Crippen LogP contribution in [0, 0.1) is 17.3 Å². The van der Waals surface area contributed by atoms with Crippen LogP contribution in [0.25, 0.3) is 0 Å². The van der Waals surface area contributed by atoms with Gasteiger partial charge in [0.25, 0.3) is 0 Å². The maximum absolute atomic E-state index is 11.8. The van der Waals surface area contributed by atoms with Crippen molar-refractivity contribution in [3.8, 4) is 0 Å². The van der Waals surface area contributed by atoms with Crippen molar-refractivity contribution in [2.75, 3.05) is 0 Å². The Morgan fingerprint density at radius 1 is 1.19 bits per heavy atom. The predicted octanol–water partition coefficient (Wildman–Crippen LogP) is 3.64. The zero-order chi connectivity index (χ0) is 15.5. The Kier molecular flexibility index (Phi) is 5.04. The van der Waals surface area contributed by atoms with E-state index < -0.39 is 11.4 Å². The Hall–Kier alpha value is -1.35. The first-order valence-electron chi connectivity index (χ1n) is 7.89. The molecule has 0 saturated heterocycles. The fraction of sp³-hybridized carbons (Fsp3) is 0.611. The van der Waals surface area contributed by atoms with E-state index in [0.29, 0.717) is 18.3 Å². The minimum Gasteiger partial charge on any atom is -0.481 e. The van der Waals surface area contributed by atoms with Crippen molar-refractivity contribution in [2.24, 2.45) is 17.3 Å². The zero-order valence-corrected chi connectivity index (χ0v) is 13.0. The number of carbonyl (C=O) groups is 1. The first-order chi connectivity index (χ1) is 9.97. The fourth-order valence-electron chi connectivity index (χ4n) is 3.48. The average Bonchev–Trinajstić information content (AvgIpc) is 2.48. The summed E-state index contributed by atoms with van der Waals surface area (Å²) < 4.78 is 0. The number of hydrogen-bond donors (Lipinski definition) is 2. The normalized spacial score (nSPS) is 26.0. The Balaban J connectivity index is 2.10. The van der Waals surface area contributed by atoms with E-state index in [0.717, 1.165) is 36.8 Å². The summed E-state index contributed by atoms with van der Waals surface area (Å²) in [5.41, 5.74) is 1.32. The van der Waals surface area contributed by atoms with E-state index >= 15 is 0 Å². The molecule has 21 heavy (non-hydrogen) atoms. The third-order valence-electron chi connectivity index (χ3n) is 5.13. The molecule has 2 rings (SSSR count). The highest BCUT2D eigenvalue weighted by molar-refractivity contribution is 5.75. The third-order valence-corrected chi connectivity index (χ3v) is 5.13. The van der Waals surface area contributed by atoms with Gasteiger partial charge in [-0.1, -0.05) is 38.1 Å². The van der Waals surface area contributed by atoms with Crippen LogP contribution in [0.3, 0.4) is 0 Å². The molecule has 1 aliphatic carbocycles. The second-order valence-electron chi connectivity index (χ2n) is 6.82. The van der Waals surface area contributed by atoms with Gasteiger partial charge in [0.15, 0.2) is 0 Å². The Labute approximate surface area is 127 Å². The molecule has 0 spiro atoms. The van der Waals surface area contributed by atoms with Gasteiger partial charge in [-0.2, -0.15) is 0 Å². The number of aliphatic hydroxyl groups excluding tert-OH is 1. The van der Waals surface area contributed by atoms with Crippen molar-refractivity contribution in [1.82, 2.24) is 0 Å². The third kappa shape index (κ3) is 3.65. The van der Waals surface area contributed by atoms with Crippen LogP contribution in [-0.2, 0) is 17.8 Å². The molecule has 0 unspecified atom stereocenters. The number of carboxylic acid groups (broad SMARTS) is 1. The lowest BCUT2D eigenvalue weighted by atomic mass is 9.65. The highest BCUT2D eigenvalue weighted by Crippen LogP contribution is 2.43. The standard InChI is InChI=1S/C18H26O3/c1-13(2)16-7-9-18(10-8-16,17(20)21)11-14-3-5-15(12-19)6-4-14/h3-6,13,16,19H,7-12H2,1-2H3,(H,20,21). The van der Waals surface area contributed by atoms with Gasteiger partial charge in [0.2, 0.25) is 0 Å². The van der Waals surface area contributed by atoms with Crippen LogP contribution in [0.1, 0.15) is 50.7 Å². The smallest absolute Gasteiger partial charge is 0.309 e. The number of carboxylic acids is 1. The van der Waals surface area contributed by atoms with Crippen LogP contribution in [-0.4, -0.2) is 16.2 Å². The van der Waals surface area contributed by atoms with Gasteiger partial charge in [0.05, 0.1) is 12.0 Å². The number of aliphatic hydroxyl groups is 1. The lowest BCUT2D eigenvalue weighted by Gasteiger charge is -2.38. The van der Waals surface area contributed by atoms with Gasteiger partial charge in [-0.15, -0.1) is 0 Å². The molecule has 1 aliphatic rings. The molecular formula is C18H26O3. The van der Waals surface area contributed by atoms with Crippen molar-refractivity contribution >= 4 is 5.97 Å². The Bertz CT molecular complexity index is 468. The molecule has 1 fully saturated rings. The molecule has 0 heterocycles. The van der Waals surface area contributed by atoms with Crippen LogP contribution in [0.5, 0.6) is 0 Å². The summed E-state index contributed by atoms with van der Waals surface area (Å²) in [5.74, 6) is 0.644. The van der Waals surface area contributed by atoms with E-state index in [1.165, 1.54) is 0 Å². The van der Waals surface area contributed by atoms with Crippen molar-refractivity contribution in [1.29, 1.82) is 0 Å². The molecule has 1 saturated carbocycles. The molecule has 0 aliphatic heterocycles. The summed E-state index contributed by atoms with van der Waals surface area (Å²) in [6.07, 6.45) is 4.16. The van der Waals surface area contributed by atoms with Crippen molar-refractivity contribution in [3.05, 3.63) is 35.4 Å². The summed E-state index contributed by atoms with van der Waals surface area (Å²) >= 11 is 0. The van der Waals surface area contributed by atoms with Gasteiger partial charge >= 0.3 is 5.97 Å². The van der Waals surface area contributed by atoms with Gasteiger partial charge in [-0.25, -0.2) is 0 Å². The molecule has 0 bridgehead atoms. The predicted molar refractivity (Wildman–Crippen MR) is 82.9 cm³/mol. The van der Waals surface area contributed by atoms with Crippen LogP contribution in [0.2, 0.25) is 0 Å². The number of benzene rings is 1. The minimum absolute atomic E-state index is 0.0282. The molecule has 2 N–H and O–H groups in total. The lowest BCUT2D eigenvalue weighted by Crippen LogP contribution is -2.38. The van der Waals surface area contributed by atoms with E-state index in [-0.39, 0.29) is 6.61 Å². The van der Waals surface area contributed by atoms with E-state index in [1.54, 1.807) is 0 Å². The SMILES string of the molecule is CC(C)C1CCC(Cc2ccc(CO)cc2)(C(=O)O)CC1. The van der Waals surface area contributed by atoms with E-state index in [4.69, 9.17) is 5.11 Å². The van der Waals surface area contributed by atoms with Gasteiger partial charge in [-0.3, -0.25) is 4.79 Å². The monoisotopic (exact) mass is 290 g/mol. The number of rotatable bonds is 5. The summed E-state index contributed by atoms with van der Waals surface area (Å²) in [5, 5.41) is 18.8. The quantitative estimate of drug-likeness (QED) is 0.870. The summed E-state index contributed by atoms with van der Waals surface area (Å²) in [6, 6.07) is 7.66. The maximum Gasteiger partial charge on any atom is 0.309 e. The topological polar surface area (TPSA) is 57.5 Å². The molecule has 0 atom stereocenters. The van der Waals surface area contributed by atoms with Gasteiger partial charge in [0, 0.05) is 0 Å². The molecule has 0 amide bonds. The number of hydrogen-bond acceptors (Lipinski definition) is 2. The van der Waals surface area contributed by atoms with Crippen molar-refractivity contribution < 1.29 is 15.0 Å². The molecule has 0 aromatic heterocycles. The highest BCUT2D eigenvalue weighted by atomic mass is 16.4. The van der Waals surface area contributed by atoms with E-state index in [1.807, 2.05) is 24.3 Å². The van der Waals surface area contributed by atoms with Crippen molar-refractivity contribution in [3.63, 3.8) is 0 Å². The Morgan fingerprint density at radius 3 is 2.14 bits per heavy atom. The molecule has 3 nitrogen and oxygen atoms in total. The van der Waals surface area contributed by atoms with Crippen LogP contribution < -0.4 is 0 Å². The molecule has 0 radical (unpaired) electrons. The largest absolute Gasteiger partial charge is 0.481 e. The minimum atomic E-state index is -0.657. The van der Waals surface area contributed by atoms with Crippen LogP contribution in [0.4, 0.5) is 0 Å². The molecule has 3 heteroatoms. The summed E-state index contributed by atoms with van der Waals surface area (Å²) in [6.45, 7) is 4.48. The van der Waals surface area contributed by atoms with Crippen molar-refractivity contribution in [2.45, 2.75) is 52.6 Å². The van der Waals surface area contributed by atoms with Crippen LogP contribution in [0.15, 0.2) is 24.3 Å². The number of aliphatic carboxylic acids is 1. The molecule has 116 valence electrons. The molecule has 1 aromatic carbocycles. The van der Waals surface area contributed by atoms with E-state index in [2.05, 4.69) is 13.8 Å². The van der Waals surface area contributed by atoms with Gasteiger partial charge in [0.1, 0.15) is 0 Å². The summed E-state index contributed by atoms with van der Waals surface area (Å²) in [4.78, 5) is 11.8. The Morgan fingerprint density at radius 2 is 1.71 bits per heavy atom. The van der Waals surface area contributed by atoms with Gasteiger partial charge in [-0.05, 0) is 55.1 Å². The van der Waals surface area contributed by atoms with Gasteiger partial charge < -0.3 is 10.2 Å². The maximum atomic E-state index is 11.8. The molecule has 1 aromatic rings. The average molecular weight is 290 g/mol. The fourth-order valence-corrected chi connectivity index (χ4v) is 3.48.